The Morgan fingerprint density at radius 3 is 2.89 bits per heavy atom. The Hall–Kier alpha value is -1.55. The highest BCUT2D eigenvalue weighted by atomic mass is 16.5. The molecule has 2 atom stereocenters. The number of hydrogen-bond acceptors (Lipinski definition) is 3. The Labute approximate surface area is 108 Å². The topological polar surface area (TPSA) is 64.3 Å². The maximum Gasteiger partial charge on any atom is 0.253 e. The van der Waals surface area contributed by atoms with E-state index in [0.717, 1.165) is 24.8 Å². The third-order valence-corrected chi connectivity index (χ3v) is 3.52. The molecule has 0 heterocycles. The summed E-state index contributed by atoms with van der Waals surface area (Å²) >= 11 is 0. The number of anilines is 1. The number of amides is 1. The van der Waals surface area contributed by atoms with Crippen LogP contribution in [0.15, 0.2) is 18.2 Å². The lowest BCUT2D eigenvalue weighted by atomic mass is 10.1. The van der Waals surface area contributed by atoms with Crippen LogP contribution in [0, 0.1) is 6.92 Å². The van der Waals surface area contributed by atoms with Gasteiger partial charge in [0.15, 0.2) is 0 Å². The summed E-state index contributed by atoms with van der Waals surface area (Å²) in [7, 11) is 1.69. The average Bonchev–Trinajstić information content (AvgIpc) is 2.76. The number of aryl methyl sites for hydroxylation is 1. The fourth-order valence-corrected chi connectivity index (χ4v) is 2.51. The molecule has 98 valence electrons. The van der Waals surface area contributed by atoms with E-state index in [2.05, 4.69) is 5.32 Å². The fraction of sp³-hybridized carbons (Fsp3) is 0.500. The lowest BCUT2D eigenvalue weighted by Crippen LogP contribution is -2.40. The number of nitrogens with one attached hydrogen (secondary N) is 1. The summed E-state index contributed by atoms with van der Waals surface area (Å²) in [6.45, 7) is 1.95. The van der Waals surface area contributed by atoms with Gasteiger partial charge in [-0.15, -0.1) is 0 Å². The Bertz CT molecular complexity index is 445. The van der Waals surface area contributed by atoms with Crippen LogP contribution in [-0.4, -0.2) is 25.2 Å². The molecule has 1 aliphatic rings. The lowest BCUT2D eigenvalue weighted by Gasteiger charge is -2.20. The van der Waals surface area contributed by atoms with E-state index in [9.17, 15) is 4.79 Å². The Morgan fingerprint density at radius 1 is 1.44 bits per heavy atom. The van der Waals surface area contributed by atoms with Gasteiger partial charge in [0.2, 0.25) is 0 Å². The number of hydrogen-bond donors (Lipinski definition) is 2. The zero-order valence-electron chi connectivity index (χ0n) is 10.9. The Morgan fingerprint density at radius 2 is 2.22 bits per heavy atom. The van der Waals surface area contributed by atoms with Gasteiger partial charge in [0.1, 0.15) is 0 Å². The molecular formula is C14H20N2O2. The molecule has 0 bridgehead atoms. The van der Waals surface area contributed by atoms with Crippen molar-refractivity contribution in [3.63, 3.8) is 0 Å². The molecule has 1 aliphatic carbocycles. The monoisotopic (exact) mass is 248 g/mol. The molecule has 4 nitrogen and oxygen atoms in total. The van der Waals surface area contributed by atoms with Crippen LogP contribution in [0.25, 0.3) is 0 Å². The first-order valence-corrected chi connectivity index (χ1v) is 6.31. The van der Waals surface area contributed by atoms with Crippen molar-refractivity contribution in [1.82, 2.24) is 5.32 Å². The molecule has 1 aromatic rings. The van der Waals surface area contributed by atoms with Crippen molar-refractivity contribution >= 4 is 11.6 Å². The molecule has 0 aromatic heterocycles. The number of nitrogens with two attached hydrogens (primary N) is 1. The number of carbonyl (C=O) groups is 1. The zero-order valence-corrected chi connectivity index (χ0v) is 10.9. The van der Waals surface area contributed by atoms with Gasteiger partial charge >= 0.3 is 0 Å². The predicted molar refractivity (Wildman–Crippen MR) is 71.5 cm³/mol. The second-order valence-electron chi connectivity index (χ2n) is 4.88. The van der Waals surface area contributed by atoms with Crippen LogP contribution in [-0.2, 0) is 4.74 Å². The highest BCUT2D eigenvalue weighted by Crippen LogP contribution is 2.22. The van der Waals surface area contributed by atoms with Gasteiger partial charge in [-0.05, 0) is 43.9 Å². The minimum absolute atomic E-state index is 0.100. The van der Waals surface area contributed by atoms with Gasteiger partial charge in [-0.2, -0.15) is 0 Å². The van der Waals surface area contributed by atoms with Crippen molar-refractivity contribution in [1.29, 1.82) is 0 Å². The molecular weight excluding hydrogens is 228 g/mol. The summed E-state index contributed by atoms with van der Waals surface area (Å²) in [6, 6.07) is 5.59. The second-order valence-corrected chi connectivity index (χ2v) is 4.88. The van der Waals surface area contributed by atoms with Crippen LogP contribution < -0.4 is 11.1 Å². The molecule has 1 saturated carbocycles. The molecule has 0 aliphatic heterocycles. The van der Waals surface area contributed by atoms with E-state index in [4.69, 9.17) is 10.5 Å². The minimum Gasteiger partial charge on any atom is -0.398 e. The second kappa shape index (κ2) is 5.40. The highest BCUT2D eigenvalue weighted by Gasteiger charge is 2.28. The van der Waals surface area contributed by atoms with E-state index in [1.165, 1.54) is 0 Å². The van der Waals surface area contributed by atoms with E-state index in [-0.39, 0.29) is 18.1 Å². The quantitative estimate of drug-likeness (QED) is 0.803. The largest absolute Gasteiger partial charge is 0.398 e. The van der Waals surface area contributed by atoms with E-state index >= 15 is 0 Å². The number of ether oxygens (including phenoxy) is 1. The summed E-state index contributed by atoms with van der Waals surface area (Å²) in [4.78, 5) is 12.1. The first-order chi connectivity index (χ1) is 8.61. The first kappa shape index (κ1) is 12.9. The molecule has 1 fully saturated rings. The van der Waals surface area contributed by atoms with E-state index < -0.39 is 0 Å². The van der Waals surface area contributed by atoms with Crippen LogP contribution >= 0.6 is 0 Å². The van der Waals surface area contributed by atoms with Crippen molar-refractivity contribution in [3.05, 3.63) is 29.3 Å². The van der Waals surface area contributed by atoms with Crippen molar-refractivity contribution in [2.45, 2.75) is 38.3 Å². The average molecular weight is 248 g/mol. The predicted octanol–water partition coefficient (Wildman–Crippen LogP) is 1.87. The Balaban J connectivity index is 2.07. The van der Waals surface area contributed by atoms with Gasteiger partial charge in [-0.25, -0.2) is 0 Å². The molecule has 1 amide bonds. The zero-order chi connectivity index (χ0) is 13.1. The Kier molecular flexibility index (Phi) is 3.87. The van der Waals surface area contributed by atoms with Crippen LogP contribution in [0.4, 0.5) is 5.69 Å². The first-order valence-electron chi connectivity index (χ1n) is 6.31. The highest BCUT2D eigenvalue weighted by molar-refractivity contribution is 5.99. The number of benzene rings is 1. The van der Waals surface area contributed by atoms with Crippen molar-refractivity contribution in [2.24, 2.45) is 0 Å². The van der Waals surface area contributed by atoms with Gasteiger partial charge in [0.25, 0.3) is 5.91 Å². The van der Waals surface area contributed by atoms with Gasteiger partial charge in [-0.1, -0.05) is 6.07 Å². The molecule has 2 unspecified atom stereocenters. The van der Waals surface area contributed by atoms with Crippen LogP contribution in [0.5, 0.6) is 0 Å². The smallest absolute Gasteiger partial charge is 0.253 e. The summed E-state index contributed by atoms with van der Waals surface area (Å²) < 4.78 is 5.36. The summed E-state index contributed by atoms with van der Waals surface area (Å²) in [5, 5.41) is 3.01. The molecule has 4 heteroatoms. The number of methoxy groups -OCH3 is 1. The maximum atomic E-state index is 12.1. The summed E-state index contributed by atoms with van der Waals surface area (Å²) in [5.41, 5.74) is 8.00. The fourth-order valence-electron chi connectivity index (χ4n) is 2.51. The van der Waals surface area contributed by atoms with Gasteiger partial charge < -0.3 is 15.8 Å². The standard InChI is InChI=1S/C14H20N2O2/c1-9-6-7-10(11(15)8-9)14(17)16-12-4-3-5-13(12)18-2/h6-8,12-13H,3-5,15H2,1-2H3,(H,16,17). The van der Waals surface area contributed by atoms with E-state index in [1.54, 1.807) is 13.2 Å². The van der Waals surface area contributed by atoms with E-state index in [0.29, 0.717) is 11.3 Å². The number of nitrogen functional groups attached to an aromatic ring is 1. The van der Waals surface area contributed by atoms with Gasteiger partial charge in [0.05, 0.1) is 17.7 Å². The third kappa shape index (κ3) is 2.64. The lowest BCUT2D eigenvalue weighted by molar-refractivity contribution is 0.0722. The molecule has 0 saturated heterocycles. The summed E-state index contributed by atoms with van der Waals surface area (Å²) in [6.07, 6.45) is 3.19. The number of carbonyl (C=O) groups excluding carboxylic acids is 1. The summed E-state index contributed by atoms with van der Waals surface area (Å²) in [5.74, 6) is -0.110. The molecule has 0 spiro atoms. The third-order valence-electron chi connectivity index (χ3n) is 3.52. The SMILES string of the molecule is COC1CCCC1NC(=O)c1ccc(C)cc1N. The van der Waals surface area contributed by atoms with E-state index in [1.807, 2.05) is 19.1 Å². The number of rotatable bonds is 3. The van der Waals surface area contributed by atoms with Crippen LogP contribution in [0.3, 0.4) is 0 Å². The van der Waals surface area contributed by atoms with Crippen LogP contribution in [0.1, 0.15) is 35.2 Å². The molecule has 2 rings (SSSR count). The van der Waals surface area contributed by atoms with Gasteiger partial charge in [-0.3, -0.25) is 4.79 Å². The van der Waals surface area contributed by atoms with Crippen molar-refractivity contribution in [2.75, 3.05) is 12.8 Å². The molecule has 1 aromatic carbocycles. The molecule has 3 N–H and O–H groups in total. The molecule has 18 heavy (non-hydrogen) atoms. The normalized spacial score (nSPS) is 23.0. The van der Waals surface area contributed by atoms with Gasteiger partial charge in [0, 0.05) is 12.8 Å². The van der Waals surface area contributed by atoms with Crippen molar-refractivity contribution < 1.29 is 9.53 Å². The van der Waals surface area contributed by atoms with Crippen LogP contribution in [0.2, 0.25) is 0 Å². The molecule has 0 radical (unpaired) electrons. The maximum absolute atomic E-state index is 12.1. The minimum atomic E-state index is -0.110. The van der Waals surface area contributed by atoms with Crippen molar-refractivity contribution in [3.8, 4) is 0 Å².